The van der Waals surface area contributed by atoms with E-state index < -0.39 is 17.9 Å². The highest BCUT2D eigenvalue weighted by Gasteiger charge is 2.45. The van der Waals surface area contributed by atoms with Gasteiger partial charge in [-0.3, -0.25) is 0 Å². The molecule has 0 aliphatic carbocycles. The SMILES string of the molecule is COC[C@@H](c1ccccc1)/[N+]([O-])=C(\c1ccccc1)C(F)(F)F. The minimum absolute atomic E-state index is 0.00579. The van der Waals surface area contributed by atoms with Crippen molar-refractivity contribution in [3.05, 3.63) is 77.0 Å². The molecule has 122 valence electrons. The number of ether oxygens (including phenoxy) is 1. The lowest BCUT2D eigenvalue weighted by Gasteiger charge is -2.21. The Morgan fingerprint density at radius 1 is 1.04 bits per heavy atom. The molecular formula is C17H16F3NO2. The van der Waals surface area contributed by atoms with Gasteiger partial charge >= 0.3 is 11.9 Å². The number of methoxy groups -OCH3 is 1. The first-order valence-corrected chi connectivity index (χ1v) is 6.95. The fourth-order valence-corrected chi connectivity index (χ4v) is 2.30. The van der Waals surface area contributed by atoms with Gasteiger partial charge in [0.15, 0.2) is 0 Å². The van der Waals surface area contributed by atoms with Crippen molar-refractivity contribution in [3.8, 4) is 0 Å². The fraction of sp³-hybridized carbons (Fsp3) is 0.235. The van der Waals surface area contributed by atoms with Crippen molar-refractivity contribution in [1.29, 1.82) is 0 Å². The summed E-state index contributed by atoms with van der Waals surface area (Å²) >= 11 is 0. The van der Waals surface area contributed by atoms with Gasteiger partial charge in [-0.2, -0.15) is 17.9 Å². The maximum absolute atomic E-state index is 13.5. The zero-order chi connectivity index (χ0) is 16.9. The van der Waals surface area contributed by atoms with Crippen LogP contribution < -0.4 is 0 Å². The van der Waals surface area contributed by atoms with Gasteiger partial charge in [0.05, 0.1) is 5.56 Å². The molecule has 0 aliphatic rings. The number of hydroxylamine groups is 1. The Labute approximate surface area is 132 Å². The molecule has 0 amide bonds. The van der Waals surface area contributed by atoms with E-state index in [0.29, 0.717) is 5.56 Å². The second kappa shape index (κ2) is 7.28. The first-order chi connectivity index (χ1) is 10.9. The van der Waals surface area contributed by atoms with Crippen LogP contribution in [-0.2, 0) is 4.74 Å². The minimum atomic E-state index is -4.77. The third-order valence-electron chi connectivity index (χ3n) is 3.33. The number of benzene rings is 2. The molecule has 2 rings (SSSR count). The Bertz CT molecular complexity index is 655. The lowest BCUT2D eigenvalue weighted by Crippen LogP contribution is -2.35. The molecule has 0 N–H and O–H groups in total. The Hall–Kier alpha value is -2.34. The molecule has 0 radical (unpaired) electrons. The van der Waals surface area contributed by atoms with Crippen molar-refractivity contribution >= 4 is 5.71 Å². The normalized spacial score (nSPS) is 14.3. The van der Waals surface area contributed by atoms with Gasteiger partial charge in [-0.05, 0) is 12.1 Å². The van der Waals surface area contributed by atoms with Crippen LogP contribution in [0.1, 0.15) is 17.2 Å². The van der Waals surface area contributed by atoms with Crippen LogP contribution in [0.2, 0.25) is 0 Å². The second-order valence-corrected chi connectivity index (χ2v) is 4.92. The van der Waals surface area contributed by atoms with Gasteiger partial charge in [-0.15, -0.1) is 0 Å². The number of hydrogen-bond acceptors (Lipinski definition) is 2. The van der Waals surface area contributed by atoms with E-state index in [1.54, 1.807) is 36.4 Å². The molecule has 2 aromatic carbocycles. The Balaban J connectivity index is 2.59. The number of nitrogens with zero attached hydrogens (tertiary/aromatic N) is 1. The summed E-state index contributed by atoms with van der Waals surface area (Å²) in [5.74, 6) is 0. The van der Waals surface area contributed by atoms with Gasteiger partial charge in [-0.1, -0.05) is 48.5 Å². The molecule has 0 saturated heterocycles. The predicted octanol–water partition coefficient (Wildman–Crippen LogP) is 3.94. The van der Waals surface area contributed by atoms with Crippen LogP contribution in [-0.4, -0.2) is 30.3 Å². The molecule has 0 spiro atoms. The molecule has 0 saturated carbocycles. The molecule has 0 aromatic heterocycles. The van der Waals surface area contributed by atoms with Crippen LogP contribution in [0.5, 0.6) is 0 Å². The van der Waals surface area contributed by atoms with E-state index in [1.807, 2.05) is 0 Å². The predicted molar refractivity (Wildman–Crippen MR) is 81.3 cm³/mol. The second-order valence-electron chi connectivity index (χ2n) is 4.92. The highest BCUT2D eigenvalue weighted by molar-refractivity contribution is 6.01. The summed E-state index contributed by atoms with van der Waals surface area (Å²) in [6, 6.07) is 14.2. The van der Waals surface area contributed by atoms with Crippen LogP contribution in [0.3, 0.4) is 0 Å². The number of hydrogen-bond donors (Lipinski definition) is 0. The number of halogens is 3. The minimum Gasteiger partial charge on any atom is -0.623 e. The summed E-state index contributed by atoms with van der Waals surface area (Å²) in [5, 5.41) is 12.6. The average molecular weight is 323 g/mol. The zero-order valence-electron chi connectivity index (χ0n) is 12.5. The van der Waals surface area contributed by atoms with Crippen molar-refractivity contribution in [1.82, 2.24) is 0 Å². The van der Waals surface area contributed by atoms with Gasteiger partial charge in [0.25, 0.3) is 0 Å². The summed E-state index contributed by atoms with van der Waals surface area (Å²) in [6.45, 7) is -0.153. The molecular weight excluding hydrogens is 307 g/mol. The summed E-state index contributed by atoms with van der Waals surface area (Å²) in [4.78, 5) is 0. The number of alkyl halides is 3. The largest absolute Gasteiger partial charge is 0.623 e. The molecule has 2 aromatic rings. The summed E-state index contributed by atoms with van der Waals surface area (Å²) < 4.78 is 45.3. The van der Waals surface area contributed by atoms with E-state index in [4.69, 9.17) is 4.74 Å². The molecule has 0 heterocycles. The third kappa shape index (κ3) is 4.10. The van der Waals surface area contributed by atoms with Crippen molar-refractivity contribution in [2.24, 2.45) is 0 Å². The number of rotatable bonds is 5. The lowest BCUT2D eigenvalue weighted by atomic mass is 10.1. The summed E-state index contributed by atoms with van der Waals surface area (Å²) in [7, 11) is 1.35. The van der Waals surface area contributed by atoms with E-state index in [-0.39, 0.29) is 16.9 Å². The van der Waals surface area contributed by atoms with Crippen LogP contribution in [0.15, 0.2) is 60.7 Å². The van der Waals surface area contributed by atoms with E-state index >= 15 is 0 Å². The summed E-state index contributed by atoms with van der Waals surface area (Å²) in [6.07, 6.45) is -4.77. The highest BCUT2D eigenvalue weighted by atomic mass is 19.4. The molecule has 23 heavy (non-hydrogen) atoms. The molecule has 0 bridgehead atoms. The Morgan fingerprint density at radius 3 is 2.04 bits per heavy atom. The molecule has 0 unspecified atom stereocenters. The van der Waals surface area contributed by atoms with Crippen LogP contribution in [0.4, 0.5) is 13.2 Å². The van der Waals surface area contributed by atoms with E-state index in [1.165, 1.54) is 31.4 Å². The summed E-state index contributed by atoms with van der Waals surface area (Å²) in [5.41, 5.74) is -0.946. The van der Waals surface area contributed by atoms with Crippen molar-refractivity contribution < 1.29 is 22.6 Å². The maximum Gasteiger partial charge on any atom is 0.478 e. The van der Waals surface area contributed by atoms with Crippen molar-refractivity contribution in [2.75, 3.05) is 13.7 Å². The Kier molecular flexibility index (Phi) is 5.39. The first kappa shape index (κ1) is 17.0. The molecule has 0 fully saturated rings. The van der Waals surface area contributed by atoms with Crippen LogP contribution in [0.25, 0.3) is 0 Å². The molecule has 6 heteroatoms. The van der Waals surface area contributed by atoms with Gasteiger partial charge in [0, 0.05) is 12.7 Å². The van der Waals surface area contributed by atoms with Gasteiger partial charge < -0.3 is 9.94 Å². The van der Waals surface area contributed by atoms with E-state index in [0.717, 1.165) is 0 Å². The Morgan fingerprint density at radius 2 is 1.57 bits per heavy atom. The highest BCUT2D eigenvalue weighted by Crippen LogP contribution is 2.26. The smallest absolute Gasteiger partial charge is 0.478 e. The quantitative estimate of drug-likeness (QED) is 0.362. The zero-order valence-corrected chi connectivity index (χ0v) is 12.5. The van der Waals surface area contributed by atoms with Crippen molar-refractivity contribution in [2.45, 2.75) is 12.2 Å². The maximum atomic E-state index is 13.5. The fourth-order valence-electron chi connectivity index (χ4n) is 2.30. The average Bonchev–Trinajstić information content (AvgIpc) is 2.53. The van der Waals surface area contributed by atoms with Gasteiger partial charge in [-0.25, -0.2) is 0 Å². The molecule has 1 atom stereocenters. The standard InChI is InChI=1S/C17H16F3NO2/c1-23-12-15(13-8-4-2-5-9-13)21(22)16(17(18,19)20)14-10-6-3-7-11-14/h2-11,15H,12H2,1H3/b21-16-/t15-/m0/s1. The van der Waals surface area contributed by atoms with Crippen LogP contribution >= 0.6 is 0 Å². The third-order valence-corrected chi connectivity index (χ3v) is 3.33. The van der Waals surface area contributed by atoms with Gasteiger partial charge in [0.1, 0.15) is 6.61 Å². The first-order valence-electron chi connectivity index (χ1n) is 6.95. The van der Waals surface area contributed by atoms with Gasteiger partial charge in [0.2, 0.25) is 6.04 Å². The van der Waals surface area contributed by atoms with E-state index in [2.05, 4.69) is 0 Å². The lowest BCUT2D eigenvalue weighted by molar-refractivity contribution is -0.518. The monoisotopic (exact) mass is 323 g/mol. The van der Waals surface area contributed by atoms with E-state index in [9.17, 15) is 18.4 Å². The topological polar surface area (TPSA) is 35.3 Å². The molecule has 0 aliphatic heterocycles. The molecule has 3 nitrogen and oxygen atoms in total. The van der Waals surface area contributed by atoms with Crippen LogP contribution in [0, 0.1) is 5.21 Å². The van der Waals surface area contributed by atoms with Crippen molar-refractivity contribution in [3.63, 3.8) is 0 Å².